The molecule has 0 aliphatic rings. The van der Waals surface area contributed by atoms with Crippen molar-refractivity contribution in [3.05, 3.63) is 47.9 Å². The molecular weight excluding hydrogens is 370 g/mol. The van der Waals surface area contributed by atoms with Crippen molar-refractivity contribution in [1.29, 1.82) is 0 Å². The minimum Gasteiger partial charge on any atom is -0.459 e. The topological polar surface area (TPSA) is 75.0 Å². The minimum absolute atomic E-state index is 0.00523. The van der Waals surface area contributed by atoms with Gasteiger partial charge in [-0.1, -0.05) is 13.8 Å². The van der Waals surface area contributed by atoms with E-state index < -0.39 is 0 Å². The lowest BCUT2D eigenvalue weighted by atomic mass is 10.0. The highest BCUT2D eigenvalue weighted by molar-refractivity contribution is 5.93. The fraction of sp³-hybridized carbons (Fsp3) is 0.455. The molecule has 1 N–H and O–H groups in total. The maximum Gasteiger partial charge on any atom is 0.290 e. The molecule has 1 aromatic heterocycles. The smallest absolute Gasteiger partial charge is 0.290 e. The summed E-state index contributed by atoms with van der Waals surface area (Å²) in [6, 6.07) is 9.07. The predicted molar refractivity (Wildman–Crippen MR) is 114 cm³/mol. The number of nitrogens with zero attached hydrogens (tertiary/aromatic N) is 2. The van der Waals surface area contributed by atoms with Crippen molar-refractivity contribution >= 4 is 23.2 Å². The number of benzene rings is 1. The number of carbonyl (C=O) groups is 2. The Hall–Kier alpha value is -2.80. The van der Waals surface area contributed by atoms with Crippen LogP contribution in [0.1, 0.15) is 36.9 Å². The Kier molecular flexibility index (Phi) is 7.84. The molecule has 1 unspecified atom stereocenters. The summed E-state index contributed by atoms with van der Waals surface area (Å²) in [5.41, 5.74) is 2.57. The molecule has 1 aromatic carbocycles. The summed E-state index contributed by atoms with van der Waals surface area (Å²) in [5, 5.41) is 2.83. The van der Waals surface area contributed by atoms with E-state index in [0.717, 1.165) is 11.3 Å². The molecule has 7 nitrogen and oxygen atoms in total. The van der Waals surface area contributed by atoms with E-state index in [4.69, 9.17) is 9.15 Å². The van der Waals surface area contributed by atoms with E-state index in [-0.39, 0.29) is 30.4 Å². The molecule has 0 saturated carbocycles. The summed E-state index contributed by atoms with van der Waals surface area (Å²) in [6.45, 7) is 6.58. The molecule has 2 rings (SSSR count). The SMILES string of the molecule is COCC(=O)Nc1ccc(N(C)C)c(CN(C(=O)c2ccco2)C(C)C(C)C)c1. The second-order valence-electron chi connectivity index (χ2n) is 7.61. The number of anilines is 2. The Morgan fingerprint density at radius 1 is 1.17 bits per heavy atom. The molecule has 29 heavy (non-hydrogen) atoms. The number of ether oxygens (including phenoxy) is 1. The first-order valence-corrected chi connectivity index (χ1v) is 9.68. The average Bonchev–Trinajstić information content (AvgIpc) is 3.19. The first-order valence-electron chi connectivity index (χ1n) is 9.68. The molecule has 0 bridgehead atoms. The quantitative estimate of drug-likeness (QED) is 0.695. The first-order chi connectivity index (χ1) is 13.7. The van der Waals surface area contributed by atoms with Gasteiger partial charge in [-0.05, 0) is 48.7 Å². The number of rotatable bonds is 9. The second kappa shape index (κ2) is 10.1. The summed E-state index contributed by atoms with van der Waals surface area (Å²) in [7, 11) is 5.38. The number of methoxy groups -OCH3 is 1. The summed E-state index contributed by atoms with van der Waals surface area (Å²) in [5.74, 6) is 0.194. The molecule has 0 aliphatic heterocycles. The maximum absolute atomic E-state index is 13.1. The first kappa shape index (κ1) is 22.5. The molecule has 7 heteroatoms. The zero-order valence-electron chi connectivity index (χ0n) is 18.1. The van der Waals surface area contributed by atoms with Crippen LogP contribution in [-0.4, -0.2) is 50.6 Å². The molecule has 0 spiro atoms. The summed E-state index contributed by atoms with van der Waals surface area (Å²) >= 11 is 0. The van der Waals surface area contributed by atoms with Gasteiger partial charge in [0.25, 0.3) is 5.91 Å². The van der Waals surface area contributed by atoms with Crippen LogP contribution in [0.2, 0.25) is 0 Å². The van der Waals surface area contributed by atoms with E-state index in [9.17, 15) is 9.59 Å². The monoisotopic (exact) mass is 401 g/mol. The van der Waals surface area contributed by atoms with Crippen LogP contribution in [0.15, 0.2) is 41.0 Å². The third kappa shape index (κ3) is 5.84. The standard InChI is InChI=1S/C22H31N3O4/c1-15(2)16(3)25(22(27)20-8-7-11-29-20)13-17-12-18(23-21(26)14-28-6)9-10-19(17)24(4)5/h7-12,15-16H,13-14H2,1-6H3,(H,23,26). The van der Waals surface area contributed by atoms with Crippen LogP contribution < -0.4 is 10.2 Å². The van der Waals surface area contributed by atoms with Gasteiger partial charge in [-0.2, -0.15) is 0 Å². The largest absolute Gasteiger partial charge is 0.459 e. The van der Waals surface area contributed by atoms with Gasteiger partial charge in [0.15, 0.2) is 5.76 Å². The maximum atomic E-state index is 13.1. The zero-order chi connectivity index (χ0) is 21.6. The van der Waals surface area contributed by atoms with E-state index in [1.165, 1.54) is 13.4 Å². The Balaban J connectivity index is 2.39. The van der Waals surface area contributed by atoms with Crippen LogP contribution in [0, 0.1) is 5.92 Å². The second-order valence-corrected chi connectivity index (χ2v) is 7.61. The third-order valence-corrected chi connectivity index (χ3v) is 4.91. The highest BCUT2D eigenvalue weighted by Crippen LogP contribution is 2.27. The van der Waals surface area contributed by atoms with Crippen LogP contribution in [0.25, 0.3) is 0 Å². The lowest BCUT2D eigenvalue weighted by Gasteiger charge is -2.32. The van der Waals surface area contributed by atoms with Gasteiger partial charge < -0.3 is 24.3 Å². The number of amides is 2. The van der Waals surface area contributed by atoms with Crippen molar-refractivity contribution in [2.75, 3.05) is 38.0 Å². The molecule has 158 valence electrons. The number of hydrogen-bond acceptors (Lipinski definition) is 5. The highest BCUT2D eigenvalue weighted by Gasteiger charge is 2.26. The van der Waals surface area contributed by atoms with Crippen molar-refractivity contribution in [2.24, 2.45) is 5.92 Å². The Morgan fingerprint density at radius 2 is 1.90 bits per heavy atom. The van der Waals surface area contributed by atoms with Gasteiger partial charge in [-0.3, -0.25) is 9.59 Å². The van der Waals surface area contributed by atoms with Crippen LogP contribution >= 0.6 is 0 Å². The normalized spacial score (nSPS) is 12.0. The predicted octanol–water partition coefficient (Wildman–Crippen LogP) is 3.62. The van der Waals surface area contributed by atoms with Gasteiger partial charge in [0.1, 0.15) is 6.61 Å². The van der Waals surface area contributed by atoms with Crippen LogP contribution in [-0.2, 0) is 16.1 Å². The lowest BCUT2D eigenvalue weighted by Crippen LogP contribution is -2.41. The number of hydrogen-bond donors (Lipinski definition) is 1. The summed E-state index contributed by atoms with van der Waals surface area (Å²) in [6.07, 6.45) is 1.50. The fourth-order valence-corrected chi connectivity index (χ4v) is 3.04. The zero-order valence-corrected chi connectivity index (χ0v) is 18.1. The molecular formula is C22H31N3O4. The van der Waals surface area contributed by atoms with E-state index in [0.29, 0.717) is 18.0 Å². The summed E-state index contributed by atoms with van der Waals surface area (Å²) in [4.78, 5) is 28.8. The Labute approximate surface area is 172 Å². The minimum atomic E-state index is -0.227. The van der Waals surface area contributed by atoms with E-state index >= 15 is 0 Å². The molecule has 0 saturated heterocycles. The fourth-order valence-electron chi connectivity index (χ4n) is 3.04. The van der Waals surface area contributed by atoms with Crippen molar-refractivity contribution < 1.29 is 18.7 Å². The molecule has 2 aromatic rings. The van der Waals surface area contributed by atoms with Crippen molar-refractivity contribution in [1.82, 2.24) is 4.90 Å². The van der Waals surface area contributed by atoms with E-state index in [1.54, 1.807) is 12.1 Å². The van der Waals surface area contributed by atoms with Crippen molar-refractivity contribution in [2.45, 2.75) is 33.4 Å². The van der Waals surface area contributed by atoms with E-state index in [1.807, 2.05) is 49.0 Å². The molecule has 1 atom stereocenters. The molecule has 0 aliphatic carbocycles. The van der Waals surface area contributed by atoms with E-state index in [2.05, 4.69) is 19.2 Å². The summed E-state index contributed by atoms with van der Waals surface area (Å²) < 4.78 is 10.2. The Bertz CT molecular complexity index is 815. The van der Waals surface area contributed by atoms with Crippen molar-refractivity contribution in [3.63, 3.8) is 0 Å². The Morgan fingerprint density at radius 3 is 2.45 bits per heavy atom. The molecule has 0 fully saturated rings. The van der Waals surface area contributed by atoms with Gasteiger partial charge in [0, 0.05) is 45.2 Å². The van der Waals surface area contributed by atoms with Gasteiger partial charge in [0.05, 0.1) is 6.26 Å². The lowest BCUT2D eigenvalue weighted by molar-refractivity contribution is -0.119. The van der Waals surface area contributed by atoms with Crippen LogP contribution in [0.3, 0.4) is 0 Å². The number of nitrogens with one attached hydrogen (secondary N) is 1. The van der Waals surface area contributed by atoms with Crippen molar-refractivity contribution in [3.8, 4) is 0 Å². The van der Waals surface area contributed by atoms with Gasteiger partial charge in [0.2, 0.25) is 5.91 Å². The molecule has 0 radical (unpaired) electrons. The van der Waals surface area contributed by atoms with Gasteiger partial charge in [-0.15, -0.1) is 0 Å². The number of furan rings is 1. The molecule has 1 heterocycles. The van der Waals surface area contributed by atoms with Gasteiger partial charge >= 0.3 is 0 Å². The van der Waals surface area contributed by atoms with Crippen LogP contribution in [0.5, 0.6) is 0 Å². The average molecular weight is 402 g/mol. The number of carbonyl (C=O) groups excluding carboxylic acids is 2. The van der Waals surface area contributed by atoms with Crippen LogP contribution in [0.4, 0.5) is 11.4 Å². The third-order valence-electron chi connectivity index (χ3n) is 4.91. The molecule has 2 amide bonds. The highest BCUT2D eigenvalue weighted by atomic mass is 16.5. The van der Waals surface area contributed by atoms with Gasteiger partial charge in [-0.25, -0.2) is 0 Å².